The first-order valence-electron chi connectivity index (χ1n) is 23.2. The van der Waals surface area contributed by atoms with Crippen molar-refractivity contribution in [1.29, 1.82) is 0 Å². The van der Waals surface area contributed by atoms with Crippen molar-refractivity contribution in [3.05, 3.63) is 139 Å². The van der Waals surface area contributed by atoms with Crippen molar-refractivity contribution in [3.8, 4) is 0 Å². The molecule has 6 heterocycles. The fraction of sp³-hybridized carbons (Fsp3) is 0.385. The number of alkyl halides is 12. The molecule has 2 amide bonds. The smallest absolute Gasteiger partial charge is 0.416 e. The predicted octanol–water partition coefficient (Wildman–Crippen LogP) is 14.0. The summed E-state index contributed by atoms with van der Waals surface area (Å²) >= 11 is 0. The van der Waals surface area contributed by atoms with Gasteiger partial charge in [0.1, 0.15) is 0 Å². The molecule has 3 aromatic heterocycles. The van der Waals surface area contributed by atoms with Crippen LogP contribution in [0.3, 0.4) is 0 Å². The molecule has 0 aliphatic carbocycles. The summed E-state index contributed by atoms with van der Waals surface area (Å²) in [4.78, 5) is 64.1. The number of ether oxygens (including phenoxy) is 1. The van der Waals surface area contributed by atoms with Crippen LogP contribution in [0.5, 0.6) is 0 Å². The second kappa shape index (κ2) is 19.0. The number of aromatic nitrogens is 4. The molecule has 0 fully saturated rings. The Morgan fingerprint density at radius 2 is 1.14 bits per heavy atom. The maximum Gasteiger partial charge on any atom is 0.416 e. The molecular weight excluding hydrogens is 1000 g/mol. The number of hydrogen-bond donors (Lipinski definition) is 2. The zero-order valence-electron chi connectivity index (χ0n) is 40.5. The van der Waals surface area contributed by atoms with Crippen molar-refractivity contribution in [1.82, 2.24) is 24.8 Å². The molecule has 10 nitrogen and oxygen atoms in total. The number of rotatable bonds is 9. The Labute approximate surface area is 414 Å². The molecule has 22 heteroatoms. The lowest BCUT2D eigenvalue weighted by Crippen LogP contribution is -2.40. The number of aromatic amines is 2. The molecule has 392 valence electrons. The number of benzene rings is 2. The fourth-order valence-electron chi connectivity index (χ4n) is 10.2. The van der Waals surface area contributed by atoms with E-state index >= 15 is 4.79 Å². The quantitative estimate of drug-likeness (QED) is 0.0654. The van der Waals surface area contributed by atoms with Gasteiger partial charge in [0.25, 0.3) is 11.8 Å². The third-order valence-electron chi connectivity index (χ3n) is 14.1. The van der Waals surface area contributed by atoms with Crippen LogP contribution in [0.4, 0.5) is 52.7 Å². The first-order chi connectivity index (χ1) is 34.4. The summed E-state index contributed by atoms with van der Waals surface area (Å²) in [6.45, 7) is 8.80. The molecule has 3 aliphatic rings. The lowest BCUT2D eigenvalue weighted by atomic mass is 9.84. The summed E-state index contributed by atoms with van der Waals surface area (Å²) < 4.78 is 172. The average Bonchev–Trinajstić information content (AvgIpc) is 4.00. The van der Waals surface area contributed by atoms with E-state index in [-0.39, 0.29) is 76.0 Å². The molecule has 74 heavy (non-hydrogen) atoms. The van der Waals surface area contributed by atoms with Gasteiger partial charge >= 0.3 is 30.7 Å². The van der Waals surface area contributed by atoms with Crippen LogP contribution in [-0.4, -0.2) is 55.4 Å². The van der Waals surface area contributed by atoms with Gasteiger partial charge in [-0.05, 0) is 110 Å². The van der Waals surface area contributed by atoms with Gasteiger partial charge in [-0.2, -0.15) is 52.7 Å². The molecule has 2 N–H and O–H groups in total. The molecule has 8 bridgehead atoms. The molecule has 3 aliphatic heterocycles. The maximum absolute atomic E-state index is 15.1. The lowest BCUT2D eigenvalue weighted by molar-refractivity contribution is -0.144. The number of halogens is 12. The standard InChI is InChI=1S/C52H46F12N6O4/c1-8-33-22(2)35-19-40-42(26(6)65-20-27-11-29(49(53,54)55)15-30(12-27)50(56,57)58)24(4)37(67-40)17-36-23(3)34(9-10-41(71)74-7)45(68-36)44-46-43(25(5)38(69-46)18-39(33)66-35)47(72)70(48(44)73)21-28-13-31(51(59,60)61)16-32(14-28)52(62,63)64/h11-19,22-23,33-34,67,69H,8-10,20-21H2,1-7H3/b35-19?,36-17?,37-17?,38-18?,39-18?,40-19?,45-44?,65-26+/t22?,23-,33?,34-/m0/s1. The molecule has 2 unspecified atom stereocenters. The topological polar surface area (TPSA) is 133 Å². The minimum absolute atomic E-state index is 0.00184. The zero-order valence-corrected chi connectivity index (χ0v) is 40.5. The van der Waals surface area contributed by atoms with Crippen molar-refractivity contribution in [2.24, 2.45) is 4.99 Å². The van der Waals surface area contributed by atoms with Crippen LogP contribution >= 0.6 is 0 Å². The molecule has 4 atom stereocenters. The van der Waals surface area contributed by atoms with Gasteiger partial charge in [0.2, 0.25) is 0 Å². The Morgan fingerprint density at radius 1 is 0.649 bits per heavy atom. The first kappa shape index (κ1) is 53.3. The largest absolute Gasteiger partial charge is 0.469 e. The summed E-state index contributed by atoms with van der Waals surface area (Å²) in [7, 11) is 1.17. The number of carbonyl (C=O) groups excluding carboxylic acids is 3. The highest BCUT2D eigenvalue weighted by molar-refractivity contribution is 6.23. The minimum atomic E-state index is -5.24. The van der Waals surface area contributed by atoms with Crippen molar-refractivity contribution < 1.29 is 71.8 Å². The SMILES string of the molecule is CCC1c2cc3[nH]c4c(c5nc(cc6[nH]c(cc(n2)C1C)c(/C(C)=N/Cc1cc(C(F)(F)F)cc(C(F)(F)F)c1)c6C)[C@@H](C)[C@@H]5CCC(=O)OC)C(=O)N(Cc1cc(C(F)(F)F)cc(C(F)(F)F)c1)C(=O)c4c3C. The van der Waals surface area contributed by atoms with Gasteiger partial charge in [-0.25, -0.2) is 0 Å². The monoisotopic (exact) mass is 1050 g/mol. The van der Waals surface area contributed by atoms with E-state index in [2.05, 4.69) is 15.0 Å². The van der Waals surface area contributed by atoms with Crippen molar-refractivity contribution in [2.75, 3.05) is 7.11 Å². The number of nitrogens with zero attached hydrogens (tertiary/aromatic N) is 4. The number of aliphatic imine (C=N–C) groups is 1. The molecule has 5 aromatic rings. The van der Waals surface area contributed by atoms with E-state index in [1.54, 1.807) is 45.9 Å². The third kappa shape index (κ3) is 10.0. The summed E-state index contributed by atoms with van der Waals surface area (Å²) in [6, 6.07) is 7.11. The number of carbonyl (C=O) groups is 3. The van der Waals surface area contributed by atoms with E-state index in [9.17, 15) is 62.3 Å². The van der Waals surface area contributed by atoms with Gasteiger partial charge in [-0.1, -0.05) is 20.8 Å². The van der Waals surface area contributed by atoms with Crippen molar-refractivity contribution in [2.45, 2.75) is 122 Å². The minimum Gasteiger partial charge on any atom is -0.469 e. The second-order valence-electron chi connectivity index (χ2n) is 18.8. The Bertz CT molecular complexity index is 3260. The fourth-order valence-corrected chi connectivity index (χ4v) is 10.2. The van der Waals surface area contributed by atoms with Gasteiger partial charge in [0.05, 0.1) is 64.8 Å². The van der Waals surface area contributed by atoms with Crippen LogP contribution in [0, 0.1) is 13.8 Å². The van der Waals surface area contributed by atoms with Gasteiger partial charge in [0, 0.05) is 75.0 Å². The van der Waals surface area contributed by atoms with Crippen LogP contribution in [0.1, 0.15) is 164 Å². The highest BCUT2D eigenvalue weighted by Gasteiger charge is 2.43. The van der Waals surface area contributed by atoms with Gasteiger partial charge in [-0.3, -0.25) is 34.2 Å². The molecule has 0 saturated heterocycles. The van der Waals surface area contributed by atoms with Gasteiger partial charge in [0.15, 0.2) is 0 Å². The van der Waals surface area contributed by atoms with E-state index < -0.39 is 95.2 Å². The molecule has 0 saturated carbocycles. The first-order valence-corrected chi connectivity index (χ1v) is 23.2. The highest BCUT2D eigenvalue weighted by Crippen LogP contribution is 2.46. The summed E-state index contributed by atoms with van der Waals surface area (Å²) in [5.74, 6) is -4.73. The van der Waals surface area contributed by atoms with Crippen LogP contribution in [0.25, 0.3) is 22.1 Å². The summed E-state index contributed by atoms with van der Waals surface area (Å²) in [5, 5.41) is 0. The van der Waals surface area contributed by atoms with E-state index in [1.807, 2.05) is 13.8 Å². The van der Waals surface area contributed by atoms with Crippen molar-refractivity contribution in [3.63, 3.8) is 0 Å². The Morgan fingerprint density at radius 3 is 1.68 bits per heavy atom. The molecular formula is C52H46F12N6O4. The number of aryl methyl sites for hydroxylation is 2. The number of nitrogens with one attached hydrogen (secondary N) is 2. The average molecular weight is 1050 g/mol. The molecule has 2 aromatic carbocycles. The number of fused-ring (bicyclic) bond motifs is 8. The number of amides is 2. The maximum atomic E-state index is 15.1. The Hall–Kier alpha value is -7.00. The highest BCUT2D eigenvalue weighted by atomic mass is 19.4. The van der Waals surface area contributed by atoms with Crippen LogP contribution < -0.4 is 0 Å². The van der Waals surface area contributed by atoms with E-state index in [0.717, 1.165) is 0 Å². The van der Waals surface area contributed by atoms with E-state index in [0.29, 0.717) is 80.3 Å². The van der Waals surface area contributed by atoms with Crippen LogP contribution in [-0.2, 0) is 47.3 Å². The van der Waals surface area contributed by atoms with Crippen molar-refractivity contribution >= 4 is 45.6 Å². The van der Waals surface area contributed by atoms with E-state index in [4.69, 9.17) is 14.7 Å². The predicted molar refractivity (Wildman–Crippen MR) is 247 cm³/mol. The van der Waals surface area contributed by atoms with Gasteiger partial charge in [-0.15, -0.1) is 0 Å². The second-order valence-corrected chi connectivity index (χ2v) is 18.8. The van der Waals surface area contributed by atoms with Crippen LogP contribution in [0.2, 0.25) is 0 Å². The Kier molecular flexibility index (Phi) is 13.7. The molecule has 0 spiro atoms. The number of H-pyrrole nitrogens is 2. The Balaban J connectivity index is 1.40. The number of esters is 1. The third-order valence-corrected chi connectivity index (χ3v) is 14.1. The molecule has 0 radical (unpaired) electrons. The zero-order chi connectivity index (χ0) is 54.3. The number of imide groups is 1. The van der Waals surface area contributed by atoms with Gasteiger partial charge < -0.3 is 14.7 Å². The summed E-state index contributed by atoms with van der Waals surface area (Å²) in [6.07, 6.45) is -20.3. The normalized spacial score (nSPS) is 18.6. The van der Waals surface area contributed by atoms with E-state index in [1.165, 1.54) is 7.11 Å². The summed E-state index contributed by atoms with van der Waals surface area (Å²) in [5.41, 5.74) is -3.68. The van der Waals surface area contributed by atoms with Crippen LogP contribution in [0.15, 0.2) is 59.6 Å². The number of methoxy groups -OCH3 is 1. The molecule has 8 rings (SSSR count). The lowest BCUT2D eigenvalue weighted by Gasteiger charge is -2.27. The number of hydrogen-bond acceptors (Lipinski definition) is 7.